The summed E-state index contributed by atoms with van der Waals surface area (Å²) in [6.07, 6.45) is 2.67. The molecule has 0 aromatic heterocycles. The van der Waals surface area contributed by atoms with E-state index in [2.05, 4.69) is 24.5 Å². The van der Waals surface area contributed by atoms with E-state index in [1.807, 2.05) is 0 Å². The Morgan fingerprint density at radius 1 is 1.36 bits per heavy atom. The van der Waals surface area contributed by atoms with E-state index in [9.17, 15) is 0 Å². The zero-order chi connectivity index (χ0) is 8.10. The second-order valence-electron chi connectivity index (χ2n) is 3.83. The minimum atomic E-state index is 0.728. The quantitative estimate of drug-likeness (QED) is 0.636. The molecule has 0 bridgehead atoms. The molecule has 66 valence electrons. The van der Waals surface area contributed by atoms with Gasteiger partial charge >= 0.3 is 0 Å². The molecule has 1 saturated heterocycles. The van der Waals surface area contributed by atoms with Crippen molar-refractivity contribution in [3.8, 4) is 0 Å². The standard InChI is InChI=1S/C9H20N2/c1-8(2)3-4-9-7-10-5-6-11-9/h8-11H,3-7H2,1-2H3/t9-/m0/s1. The third kappa shape index (κ3) is 3.73. The summed E-state index contributed by atoms with van der Waals surface area (Å²) >= 11 is 0. The van der Waals surface area contributed by atoms with Crippen LogP contribution in [-0.4, -0.2) is 25.7 Å². The van der Waals surface area contributed by atoms with Crippen LogP contribution in [0.1, 0.15) is 26.7 Å². The van der Waals surface area contributed by atoms with Crippen LogP contribution in [0.25, 0.3) is 0 Å². The van der Waals surface area contributed by atoms with E-state index in [0.717, 1.165) is 31.6 Å². The van der Waals surface area contributed by atoms with Crippen LogP contribution in [0, 0.1) is 5.92 Å². The molecule has 0 aromatic rings. The summed E-state index contributed by atoms with van der Waals surface area (Å²) in [6, 6.07) is 0.728. The molecule has 2 nitrogen and oxygen atoms in total. The Morgan fingerprint density at radius 3 is 2.73 bits per heavy atom. The van der Waals surface area contributed by atoms with Gasteiger partial charge in [0.1, 0.15) is 0 Å². The lowest BCUT2D eigenvalue weighted by Gasteiger charge is -2.24. The van der Waals surface area contributed by atoms with Gasteiger partial charge < -0.3 is 10.6 Å². The predicted octanol–water partition coefficient (Wildman–Crippen LogP) is 0.984. The van der Waals surface area contributed by atoms with Crippen molar-refractivity contribution in [3.63, 3.8) is 0 Å². The molecular weight excluding hydrogens is 136 g/mol. The van der Waals surface area contributed by atoms with Crippen LogP contribution in [-0.2, 0) is 0 Å². The number of nitrogens with one attached hydrogen (secondary N) is 2. The van der Waals surface area contributed by atoms with Gasteiger partial charge in [-0.25, -0.2) is 0 Å². The molecule has 0 amide bonds. The molecule has 1 aliphatic heterocycles. The van der Waals surface area contributed by atoms with Gasteiger partial charge in [0.2, 0.25) is 0 Å². The third-order valence-electron chi connectivity index (χ3n) is 2.22. The minimum Gasteiger partial charge on any atom is -0.314 e. The van der Waals surface area contributed by atoms with Crippen molar-refractivity contribution in [2.75, 3.05) is 19.6 Å². The lowest BCUT2D eigenvalue weighted by molar-refractivity contribution is 0.373. The second-order valence-corrected chi connectivity index (χ2v) is 3.83. The SMILES string of the molecule is CC(C)CC[C@H]1CNCCN1. The van der Waals surface area contributed by atoms with Crippen LogP contribution in [0.15, 0.2) is 0 Å². The van der Waals surface area contributed by atoms with Crippen LogP contribution in [0.3, 0.4) is 0 Å². The van der Waals surface area contributed by atoms with Crippen molar-refractivity contribution in [1.82, 2.24) is 10.6 Å². The van der Waals surface area contributed by atoms with Crippen molar-refractivity contribution in [3.05, 3.63) is 0 Å². The van der Waals surface area contributed by atoms with Gasteiger partial charge in [-0.05, 0) is 18.8 Å². The van der Waals surface area contributed by atoms with E-state index < -0.39 is 0 Å². The molecule has 0 aliphatic carbocycles. The number of piperazine rings is 1. The summed E-state index contributed by atoms with van der Waals surface area (Å²) in [6.45, 7) is 8.01. The molecule has 0 saturated carbocycles. The van der Waals surface area contributed by atoms with Gasteiger partial charge in [0.05, 0.1) is 0 Å². The minimum absolute atomic E-state index is 0.728. The Balaban J connectivity index is 2.05. The average molecular weight is 156 g/mol. The Kier molecular flexibility index (Phi) is 3.87. The van der Waals surface area contributed by atoms with E-state index >= 15 is 0 Å². The van der Waals surface area contributed by atoms with E-state index in [1.165, 1.54) is 12.8 Å². The van der Waals surface area contributed by atoms with Crippen LogP contribution in [0.2, 0.25) is 0 Å². The van der Waals surface area contributed by atoms with Crippen LogP contribution in [0.4, 0.5) is 0 Å². The average Bonchev–Trinajstić information content (AvgIpc) is 2.03. The van der Waals surface area contributed by atoms with Crippen LogP contribution < -0.4 is 10.6 Å². The smallest absolute Gasteiger partial charge is 0.0193 e. The first-order chi connectivity index (χ1) is 5.29. The van der Waals surface area contributed by atoms with Crippen molar-refractivity contribution >= 4 is 0 Å². The van der Waals surface area contributed by atoms with Crippen LogP contribution in [0.5, 0.6) is 0 Å². The summed E-state index contributed by atoms with van der Waals surface area (Å²) in [5, 5.41) is 6.91. The molecule has 1 heterocycles. The molecule has 0 unspecified atom stereocenters. The summed E-state index contributed by atoms with van der Waals surface area (Å²) in [5.41, 5.74) is 0. The Bertz CT molecular complexity index is 95.7. The molecule has 1 rings (SSSR count). The fraction of sp³-hybridized carbons (Fsp3) is 1.00. The number of rotatable bonds is 3. The van der Waals surface area contributed by atoms with E-state index in [-0.39, 0.29) is 0 Å². The molecule has 2 heteroatoms. The molecule has 1 aliphatic rings. The Hall–Kier alpha value is -0.0800. The van der Waals surface area contributed by atoms with Crippen molar-refractivity contribution < 1.29 is 0 Å². The maximum absolute atomic E-state index is 3.51. The normalized spacial score (nSPS) is 25.9. The summed E-state index contributed by atoms with van der Waals surface area (Å²) in [4.78, 5) is 0. The van der Waals surface area contributed by atoms with Gasteiger partial charge in [-0.15, -0.1) is 0 Å². The van der Waals surface area contributed by atoms with Crippen molar-refractivity contribution in [1.29, 1.82) is 0 Å². The monoisotopic (exact) mass is 156 g/mol. The molecular formula is C9H20N2. The maximum Gasteiger partial charge on any atom is 0.0193 e. The maximum atomic E-state index is 3.51. The largest absolute Gasteiger partial charge is 0.314 e. The number of hydrogen-bond donors (Lipinski definition) is 2. The van der Waals surface area contributed by atoms with E-state index in [0.29, 0.717) is 0 Å². The zero-order valence-corrected chi connectivity index (χ0v) is 7.69. The number of hydrogen-bond acceptors (Lipinski definition) is 2. The predicted molar refractivity (Wildman–Crippen MR) is 48.7 cm³/mol. The fourth-order valence-electron chi connectivity index (χ4n) is 1.45. The first-order valence-electron chi connectivity index (χ1n) is 4.73. The highest BCUT2D eigenvalue weighted by Crippen LogP contribution is 2.06. The molecule has 0 radical (unpaired) electrons. The second kappa shape index (κ2) is 4.73. The molecule has 1 fully saturated rings. The van der Waals surface area contributed by atoms with E-state index in [4.69, 9.17) is 0 Å². The fourth-order valence-corrected chi connectivity index (χ4v) is 1.45. The van der Waals surface area contributed by atoms with Gasteiger partial charge in [-0.2, -0.15) is 0 Å². The Labute approximate surface area is 69.8 Å². The first-order valence-corrected chi connectivity index (χ1v) is 4.73. The van der Waals surface area contributed by atoms with Gasteiger partial charge in [-0.1, -0.05) is 13.8 Å². The highest BCUT2D eigenvalue weighted by Gasteiger charge is 2.11. The Morgan fingerprint density at radius 2 is 2.18 bits per heavy atom. The topological polar surface area (TPSA) is 24.1 Å². The third-order valence-corrected chi connectivity index (χ3v) is 2.22. The summed E-state index contributed by atoms with van der Waals surface area (Å²) in [5.74, 6) is 0.846. The molecule has 1 atom stereocenters. The summed E-state index contributed by atoms with van der Waals surface area (Å²) in [7, 11) is 0. The van der Waals surface area contributed by atoms with E-state index in [1.54, 1.807) is 0 Å². The van der Waals surface area contributed by atoms with Gasteiger partial charge in [-0.3, -0.25) is 0 Å². The van der Waals surface area contributed by atoms with Gasteiger partial charge in [0.25, 0.3) is 0 Å². The summed E-state index contributed by atoms with van der Waals surface area (Å²) < 4.78 is 0. The van der Waals surface area contributed by atoms with Crippen molar-refractivity contribution in [2.45, 2.75) is 32.7 Å². The molecule has 2 N–H and O–H groups in total. The zero-order valence-electron chi connectivity index (χ0n) is 7.69. The molecule has 11 heavy (non-hydrogen) atoms. The van der Waals surface area contributed by atoms with Gasteiger partial charge in [0.15, 0.2) is 0 Å². The first kappa shape index (κ1) is 9.01. The van der Waals surface area contributed by atoms with Crippen molar-refractivity contribution in [2.24, 2.45) is 5.92 Å². The molecule has 0 spiro atoms. The van der Waals surface area contributed by atoms with Gasteiger partial charge in [0, 0.05) is 25.7 Å². The highest BCUT2D eigenvalue weighted by atomic mass is 15.0. The highest BCUT2D eigenvalue weighted by molar-refractivity contribution is 4.75. The molecule has 0 aromatic carbocycles. The lowest BCUT2D eigenvalue weighted by atomic mass is 10.0. The van der Waals surface area contributed by atoms with Crippen LogP contribution >= 0.6 is 0 Å². The lowest BCUT2D eigenvalue weighted by Crippen LogP contribution is -2.48.